The van der Waals surface area contributed by atoms with Gasteiger partial charge in [0.2, 0.25) is 0 Å². The van der Waals surface area contributed by atoms with Crippen molar-refractivity contribution in [1.29, 1.82) is 0 Å². The van der Waals surface area contributed by atoms with Crippen LogP contribution in [0.5, 0.6) is 0 Å². The first-order chi connectivity index (χ1) is 20.6. The monoisotopic (exact) mass is 539 g/mol. The topological polar surface area (TPSA) is 28.5 Å². The molecule has 0 N–H and O–H groups in total. The molecule has 0 atom stereocenters. The molecule has 0 fully saturated rings. The Labute approximate surface area is 245 Å². The fourth-order valence-electron chi connectivity index (χ4n) is 5.86. The van der Waals surface area contributed by atoms with Gasteiger partial charge in [0, 0.05) is 10.9 Å². The predicted molar refractivity (Wildman–Crippen MR) is 179 cm³/mol. The maximum atomic E-state index is 5.13. The van der Waals surface area contributed by atoms with Gasteiger partial charge in [-0.05, 0) is 81.4 Å². The molecule has 3 heteroatoms. The summed E-state index contributed by atoms with van der Waals surface area (Å²) in [6.07, 6.45) is 3.80. The van der Waals surface area contributed by atoms with Gasteiger partial charge in [0.15, 0.2) is 0 Å². The largest absolute Gasteiger partial charge is 0.335 e. The van der Waals surface area contributed by atoms with E-state index in [1.807, 2.05) is 24.3 Å². The molecule has 5 aromatic carbocycles. The Morgan fingerprint density at radius 1 is 0.714 bits per heavy atom. The average molecular weight is 540 g/mol. The smallest absolute Gasteiger partial charge is 0.0859 e. The van der Waals surface area contributed by atoms with E-state index in [9.17, 15) is 0 Å². The Morgan fingerprint density at radius 2 is 1.40 bits per heavy atom. The number of allylic oxidation sites excluding steroid dienone is 1. The number of para-hydroxylation sites is 3. The minimum Gasteiger partial charge on any atom is -0.335 e. The SMILES string of the molecule is C=C/C=c1/cc(-c2ccc(-c3ccc4c(c3)N(c3ccccc3N=C)Cc3cc5ccccc5nc3-4)cc2)ccc1=C. The van der Waals surface area contributed by atoms with Gasteiger partial charge in [0.1, 0.15) is 0 Å². The molecule has 1 aliphatic heterocycles. The van der Waals surface area contributed by atoms with Gasteiger partial charge in [-0.15, -0.1) is 0 Å². The van der Waals surface area contributed by atoms with E-state index >= 15 is 0 Å². The molecule has 0 bridgehead atoms. The number of fused-ring (bicyclic) bond motifs is 4. The van der Waals surface area contributed by atoms with Gasteiger partial charge >= 0.3 is 0 Å². The van der Waals surface area contributed by atoms with Crippen molar-refractivity contribution in [3.8, 4) is 33.5 Å². The third-order valence-electron chi connectivity index (χ3n) is 8.01. The first-order valence-corrected chi connectivity index (χ1v) is 14.0. The van der Waals surface area contributed by atoms with Crippen molar-refractivity contribution in [2.75, 3.05) is 4.90 Å². The van der Waals surface area contributed by atoms with Crippen LogP contribution in [0.3, 0.4) is 0 Å². The fourth-order valence-corrected chi connectivity index (χ4v) is 5.86. The van der Waals surface area contributed by atoms with Crippen LogP contribution in [-0.2, 0) is 6.54 Å². The number of nitrogens with zero attached hydrogens (tertiary/aromatic N) is 3. The summed E-state index contributed by atoms with van der Waals surface area (Å²) >= 11 is 0. The number of rotatable bonds is 5. The highest BCUT2D eigenvalue weighted by Crippen LogP contribution is 2.46. The third kappa shape index (κ3) is 4.42. The third-order valence-corrected chi connectivity index (χ3v) is 8.01. The van der Waals surface area contributed by atoms with Crippen LogP contribution in [0.4, 0.5) is 17.1 Å². The molecule has 3 nitrogen and oxygen atoms in total. The number of benzene rings is 5. The number of hydrogen-bond donors (Lipinski definition) is 0. The number of pyridine rings is 1. The van der Waals surface area contributed by atoms with Crippen molar-refractivity contribution in [3.05, 3.63) is 144 Å². The number of aromatic nitrogens is 1. The number of aliphatic imine (C=N–C) groups is 1. The lowest BCUT2D eigenvalue weighted by molar-refractivity contribution is 0.953. The molecule has 1 aromatic heterocycles. The molecule has 42 heavy (non-hydrogen) atoms. The maximum Gasteiger partial charge on any atom is 0.0859 e. The molecule has 0 saturated carbocycles. The van der Waals surface area contributed by atoms with Gasteiger partial charge in [-0.2, -0.15) is 0 Å². The van der Waals surface area contributed by atoms with Crippen LogP contribution in [0, 0.1) is 0 Å². The zero-order valence-corrected chi connectivity index (χ0v) is 23.3. The van der Waals surface area contributed by atoms with Gasteiger partial charge in [0.25, 0.3) is 0 Å². The molecule has 0 radical (unpaired) electrons. The van der Waals surface area contributed by atoms with E-state index in [0.717, 1.165) is 71.9 Å². The lowest BCUT2D eigenvalue weighted by Gasteiger charge is -2.33. The maximum absolute atomic E-state index is 5.13. The van der Waals surface area contributed by atoms with Crippen LogP contribution >= 0.6 is 0 Å². The molecule has 0 amide bonds. The molecule has 200 valence electrons. The summed E-state index contributed by atoms with van der Waals surface area (Å²) in [5.41, 5.74) is 12.0. The molecule has 0 aliphatic carbocycles. The van der Waals surface area contributed by atoms with E-state index in [4.69, 9.17) is 4.98 Å². The summed E-state index contributed by atoms with van der Waals surface area (Å²) < 4.78 is 0. The molecular formula is C39H29N3. The van der Waals surface area contributed by atoms with Crippen molar-refractivity contribution < 1.29 is 0 Å². The van der Waals surface area contributed by atoms with E-state index in [1.165, 1.54) is 5.56 Å². The first-order valence-electron chi connectivity index (χ1n) is 14.0. The normalized spacial score (nSPS) is 12.6. The summed E-state index contributed by atoms with van der Waals surface area (Å²) in [5, 5.41) is 3.22. The van der Waals surface area contributed by atoms with Crippen molar-refractivity contribution in [3.63, 3.8) is 0 Å². The second kappa shape index (κ2) is 10.5. The summed E-state index contributed by atoms with van der Waals surface area (Å²) in [7, 11) is 0. The van der Waals surface area contributed by atoms with E-state index in [-0.39, 0.29) is 0 Å². The molecule has 6 aromatic rings. The van der Waals surface area contributed by atoms with E-state index in [2.05, 4.69) is 127 Å². The van der Waals surface area contributed by atoms with Crippen molar-refractivity contribution >= 4 is 47.3 Å². The van der Waals surface area contributed by atoms with Crippen LogP contribution in [0.2, 0.25) is 0 Å². The highest BCUT2D eigenvalue weighted by Gasteiger charge is 2.26. The van der Waals surface area contributed by atoms with Gasteiger partial charge in [-0.25, -0.2) is 4.98 Å². The van der Waals surface area contributed by atoms with Crippen molar-refractivity contribution in [1.82, 2.24) is 4.98 Å². The highest BCUT2D eigenvalue weighted by atomic mass is 15.2. The Bertz CT molecular complexity index is 2120. The van der Waals surface area contributed by atoms with Crippen molar-refractivity contribution in [2.24, 2.45) is 4.99 Å². The van der Waals surface area contributed by atoms with E-state index in [1.54, 1.807) is 6.08 Å². The van der Waals surface area contributed by atoms with Crippen LogP contribution in [-0.4, -0.2) is 11.7 Å². The number of anilines is 2. The quantitative estimate of drug-likeness (QED) is 0.205. The minimum atomic E-state index is 0.696. The van der Waals surface area contributed by atoms with Gasteiger partial charge < -0.3 is 4.90 Å². The van der Waals surface area contributed by atoms with Crippen LogP contribution in [0.15, 0.2) is 133 Å². The molecule has 2 heterocycles. The lowest BCUT2D eigenvalue weighted by Crippen LogP contribution is -2.22. The van der Waals surface area contributed by atoms with E-state index in [0.29, 0.717) is 6.54 Å². The van der Waals surface area contributed by atoms with E-state index < -0.39 is 0 Å². The Hall–Kier alpha value is -5.54. The summed E-state index contributed by atoms with van der Waals surface area (Å²) in [5.74, 6) is 0. The molecular weight excluding hydrogens is 510 g/mol. The van der Waals surface area contributed by atoms with Crippen molar-refractivity contribution in [2.45, 2.75) is 6.54 Å². The zero-order valence-electron chi connectivity index (χ0n) is 23.3. The molecule has 0 spiro atoms. The standard InChI is InChI=1S/C39H29N3/c1-4-9-29-22-30(15-14-26(29)2)27-16-18-28(19-17-27)31-20-21-34-38(24-31)42(37-13-8-7-12-36(37)40-3)25-33-23-32-10-5-6-11-35(32)41-39(33)34/h4-24H,1-3,25H2/b29-9-. The van der Waals surface area contributed by atoms with Crippen LogP contribution in [0.1, 0.15) is 5.56 Å². The molecule has 7 rings (SSSR count). The summed E-state index contributed by atoms with van der Waals surface area (Å²) in [6, 6.07) is 40.5. The molecule has 1 aliphatic rings. The number of hydrogen-bond acceptors (Lipinski definition) is 3. The Balaban J connectivity index is 1.35. The second-order valence-corrected chi connectivity index (χ2v) is 10.5. The fraction of sp³-hybridized carbons (Fsp3) is 0.0256. The Morgan fingerprint density at radius 3 is 2.19 bits per heavy atom. The van der Waals surface area contributed by atoms with Crippen LogP contribution < -0.4 is 15.3 Å². The lowest BCUT2D eigenvalue weighted by atomic mass is 9.92. The first kappa shape index (κ1) is 25.4. The Kier molecular flexibility index (Phi) is 6.33. The average Bonchev–Trinajstić information content (AvgIpc) is 3.04. The zero-order chi connectivity index (χ0) is 28.6. The predicted octanol–water partition coefficient (Wildman–Crippen LogP) is 8.60. The minimum absolute atomic E-state index is 0.696. The van der Waals surface area contributed by atoms with Gasteiger partial charge in [-0.3, -0.25) is 4.99 Å². The summed E-state index contributed by atoms with van der Waals surface area (Å²) in [6.45, 7) is 12.5. The second-order valence-electron chi connectivity index (χ2n) is 10.5. The highest BCUT2D eigenvalue weighted by molar-refractivity contribution is 5.94. The molecule has 0 saturated heterocycles. The van der Waals surface area contributed by atoms with Gasteiger partial charge in [-0.1, -0.05) is 104 Å². The summed E-state index contributed by atoms with van der Waals surface area (Å²) in [4.78, 5) is 11.8. The molecule has 0 unspecified atom stereocenters. The van der Waals surface area contributed by atoms with Gasteiger partial charge in [0.05, 0.1) is 34.8 Å². The van der Waals surface area contributed by atoms with Crippen LogP contribution in [0.25, 0.3) is 57.1 Å².